The van der Waals surface area contributed by atoms with Crippen LogP contribution in [0.4, 0.5) is 4.39 Å². The molecular formula is C17H19BrFNO2. The first-order valence-electron chi connectivity index (χ1n) is 6.88. The lowest BCUT2D eigenvalue weighted by molar-refractivity contribution is -0.109. The Morgan fingerprint density at radius 1 is 1.23 bits per heavy atom. The van der Waals surface area contributed by atoms with Gasteiger partial charge in [0.15, 0.2) is 0 Å². The fraction of sp³-hybridized carbons (Fsp3) is 0.235. The summed E-state index contributed by atoms with van der Waals surface area (Å²) >= 11 is 3.41. The predicted octanol–water partition coefficient (Wildman–Crippen LogP) is 4.09. The molecule has 2 rings (SSSR count). The lowest BCUT2D eigenvalue weighted by Crippen LogP contribution is -2.03. The largest absolute Gasteiger partial charge is 0.488 e. The van der Waals surface area contributed by atoms with E-state index in [1.165, 1.54) is 6.07 Å². The molecule has 0 unspecified atom stereocenters. The van der Waals surface area contributed by atoms with Gasteiger partial charge in [-0.05, 0) is 46.1 Å². The molecule has 0 aromatic heterocycles. The van der Waals surface area contributed by atoms with E-state index >= 15 is 0 Å². The van der Waals surface area contributed by atoms with Gasteiger partial charge in [0.2, 0.25) is 6.41 Å². The molecule has 2 aromatic rings. The van der Waals surface area contributed by atoms with Crippen molar-refractivity contribution in [2.45, 2.75) is 20.0 Å². The van der Waals surface area contributed by atoms with Gasteiger partial charge >= 0.3 is 0 Å². The van der Waals surface area contributed by atoms with E-state index in [4.69, 9.17) is 9.53 Å². The summed E-state index contributed by atoms with van der Waals surface area (Å²) in [4.78, 5) is 9.06. The van der Waals surface area contributed by atoms with Gasteiger partial charge in [-0.2, -0.15) is 0 Å². The molecule has 0 aliphatic heterocycles. The van der Waals surface area contributed by atoms with Crippen molar-refractivity contribution in [1.29, 1.82) is 0 Å². The lowest BCUT2D eigenvalue weighted by atomic mass is 10.1. The van der Waals surface area contributed by atoms with Crippen molar-refractivity contribution in [3.63, 3.8) is 0 Å². The molecule has 118 valence electrons. The minimum Gasteiger partial charge on any atom is -0.488 e. The monoisotopic (exact) mass is 367 g/mol. The normalized spacial score (nSPS) is 9.45. The Bertz CT molecular complexity index is 605. The molecule has 0 saturated carbocycles. The number of amides is 1. The first-order valence-corrected chi connectivity index (χ1v) is 7.67. The molecule has 0 fully saturated rings. The Morgan fingerprint density at radius 3 is 2.50 bits per heavy atom. The second-order valence-electron chi connectivity index (χ2n) is 4.36. The van der Waals surface area contributed by atoms with E-state index in [2.05, 4.69) is 21.2 Å². The molecule has 0 heterocycles. The minimum atomic E-state index is -0.207. The Morgan fingerprint density at radius 2 is 1.91 bits per heavy atom. The second-order valence-corrected chi connectivity index (χ2v) is 5.21. The first kappa shape index (κ1) is 18.2. The summed E-state index contributed by atoms with van der Waals surface area (Å²) in [6, 6.07) is 12.7. The number of carbonyl (C=O) groups is 1. The van der Waals surface area contributed by atoms with Crippen molar-refractivity contribution in [3.05, 3.63) is 63.9 Å². The first-order chi connectivity index (χ1) is 10.6. The Kier molecular flexibility index (Phi) is 8.22. The molecule has 0 aliphatic carbocycles. The van der Waals surface area contributed by atoms with Crippen molar-refractivity contribution in [2.75, 3.05) is 7.05 Å². The Hall–Kier alpha value is -1.88. The predicted molar refractivity (Wildman–Crippen MR) is 89.4 cm³/mol. The average Bonchev–Trinajstić information content (AvgIpc) is 2.55. The summed E-state index contributed by atoms with van der Waals surface area (Å²) in [5, 5.41) is 2.25. The molecule has 3 nitrogen and oxygen atoms in total. The molecule has 0 spiro atoms. The second kappa shape index (κ2) is 9.95. The highest BCUT2D eigenvalue weighted by Crippen LogP contribution is 2.25. The zero-order chi connectivity index (χ0) is 16.4. The number of halogens is 2. The molecule has 1 N–H and O–H groups in total. The van der Waals surface area contributed by atoms with Crippen LogP contribution < -0.4 is 10.1 Å². The van der Waals surface area contributed by atoms with Crippen molar-refractivity contribution >= 4 is 22.3 Å². The fourth-order valence-corrected chi connectivity index (χ4v) is 2.21. The number of carbonyl (C=O) groups excluding carboxylic acids is 1. The van der Waals surface area contributed by atoms with Gasteiger partial charge in [0.25, 0.3) is 0 Å². The maximum Gasteiger partial charge on any atom is 0.206 e. The quantitative estimate of drug-likeness (QED) is 0.808. The third-order valence-corrected chi connectivity index (χ3v) is 3.58. The summed E-state index contributed by atoms with van der Waals surface area (Å²) < 4.78 is 20.3. The van der Waals surface area contributed by atoms with Crippen LogP contribution in [-0.4, -0.2) is 13.5 Å². The van der Waals surface area contributed by atoms with Crippen LogP contribution in [0, 0.1) is 5.82 Å². The zero-order valence-corrected chi connectivity index (χ0v) is 14.2. The number of aryl methyl sites for hydroxylation is 1. The van der Waals surface area contributed by atoms with Gasteiger partial charge in [-0.1, -0.05) is 31.2 Å². The van der Waals surface area contributed by atoms with Gasteiger partial charge in [-0.15, -0.1) is 0 Å². The number of nitrogens with one attached hydrogen (secondary N) is 1. The van der Waals surface area contributed by atoms with Crippen LogP contribution in [0.15, 0.2) is 46.9 Å². The van der Waals surface area contributed by atoms with E-state index in [1.54, 1.807) is 13.1 Å². The zero-order valence-electron chi connectivity index (χ0n) is 12.6. The van der Waals surface area contributed by atoms with Crippen LogP contribution in [0.25, 0.3) is 0 Å². The standard InChI is InChI=1S/C15H14BrFO.C2H5NO/c1-2-11-6-5-8-14(17)12(11)10-18-15-9-4-3-7-13(15)16;1-3-2-4/h3-9H,2,10H2,1H3;2H,1H3,(H,3,4). The summed E-state index contributed by atoms with van der Waals surface area (Å²) in [5.41, 5.74) is 1.62. The van der Waals surface area contributed by atoms with Gasteiger partial charge in [0, 0.05) is 12.6 Å². The molecule has 0 aliphatic rings. The summed E-state index contributed by atoms with van der Waals surface area (Å²) in [7, 11) is 1.56. The van der Waals surface area contributed by atoms with Crippen LogP contribution >= 0.6 is 15.9 Å². The molecule has 0 bridgehead atoms. The molecule has 1 amide bonds. The van der Waals surface area contributed by atoms with Crippen LogP contribution in [-0.2, 0) is 17.8 Å². The van der Waals surface area contributed by atoms with E-state index in [-0.39, 0.29) is 12.4 Å². The van der Waals surface area contributed by atoms with E-state index in [0.717, 1.165) is 22.2 Å². The highest BCUT2D eigenvalue weighted by atomic mass is 79.9. The minimum absolute atomic E-state index is 0.207. The number of ether oxygens (including phenoxy) is 1. The SMILES string of the molecule is CCc1cccc(F)c1COc1ccccc1Br.CNC=O. The maximum absolute atomic E-state index is 13.7. The summed E-state index contributed by atoms with van der Waals surface area (Å²) in [5.74, 6) is 0.518. The summed E-state index contributed by atoms with van der Waals surface area (Å²) in [6.45, 7) is 2.26. The molecule has 5 heteroatoms. The number of rotatable bonds is 5. The average molecular weight is 368 g/mol. The summed E-state index contributed by atoms with van der Waals surface area (Å²) in [6.07, 6.45) is 1.42. The molecular weight excluding hydrogens is 349 g/mol. The van der Waals surface area contributed by atoms with Gasteiger partial charge in [-0.25, -0.2) is 4.39 Å². The van der Waals surface area contributed by atoms with Gasteiger partial charge in [0.05, 0.1) is 4.47 Å². The van der Waals surface area contributed by atoms with Crippen molar-refractivity contribution in [3.8, 4) is 5.75 Å². The topological polar surface area (TPSA) is 38.3 Å². The highest BCUT2D eigenvalue weighted by Gasteiger charge is 2.08. The van der Waals surface area contributed by atoms with E-state index in [1.807, 2.05) is 37.3 Å². The molecule has 22 heavy (non-hydrogen) atoms. The molecule has 0 radical (unpaired) electrons. The number of para-hydroxylation sites is 1. The highest BCUT2D eigenvalue weighted by molar-refractivity contribution is 9.10. The van der Waals surface area contributed by atoms with Crippen LogP contribution in [0.5, 0.6) is 5.75 Å². The third-order valence-electron chi connectivity index (χ3n) is 2.92. The Labute approximate surface area is 138 Å². The smallest absolute Gasteiger partial charge is 0.206 e. The molecule has 0 atom stereocenters. The number of hydrogen-bond acceptors (Lipinski definition) is 2. The van der Waals surface area contributed by atoms with Crippen molar-refractivity contribution in [2.24, 2.45) is 0 Å². The number of benzene rings is 2. The Balaban J connectivity index is 0.000000541. The van der Waals surface area contributed by atoms with Gasteiger partial charge < -0.3 is 10.1 Å². The third kappa shape index (κ3) is 5.48. The van der Waals surface area contributed by atoms with E-state index < -0.39 is 0 Å². The maximum atomic E-state index is 13.7. The fourth-order valence-electron chi connectivity index (χ4n) is 1.81. The lowest BCUT2D eigenvalue weighted by Gasteiger charge is -2.12. The van der Waals surface area contributed by atoms with Crippen molar-refractivity contribution in [1.82, 2.24) is 5.32 Å². The number of hydrogen-bond donors (Lipinski definition) is 1. The molecule has 2 aromatic carbocycles. The van der Waals surface area contributed by atoms with Crippen LogP contribution in [0.3, 0.4) is 0 Å². The van der Waals surface area contributed by atoms with Gasteiger partial charge in [0.1, 0.15) is 18.2 Å². The van der Waals surface area contributed by atoms with E-state index in [0.29, 0.717) is 12.0 Å². The molecule has 0 saturated heterocycles. The van der Waals surface area contributed by atoms with E-state index in [9.17, 15) is 4.39 Å². The van der Waals surface area contributed by atoms with Gasteiger partial charge in [-0.3, -0.25) is 4.79 Å². The van der Waals surface area contributed by atoms with Crippen LogP contribution in [0.1, 0.15) is 18.1 Å². The van der Waals surface area contributed by atoms with Crippen molar-refractivity contribution < 1.29 is 13.9 Å². The van der Waals surface area contributed by atoms with Crippen LogP contribution in [0.2, 0.25) is 0 Å².